The van der Waals surface area contributed by atoms with Gasteiger partial charge in [0, 0.05) is 5.39 Å². The van der Waals surface area contributed by atoms with E-state index >= 15 is 0 Å². The van der Waals surface area contributed by atoms with Crippen LogP contribution in [0.1, 0.15) is 25.3 Å². The second-order valence-corrected chi connectivity index (χ2v) is 4.56. The van der Waals surface area contributed by atoms with Crippen LogP contribution in [-0.2, 0) is 0 Å². The Bertz CT molecular complexity index is 607. The highest BCUT2D eigenvalue weighted by atomic mass is 35.5. The van der Waals surface area contributed by atoms with Gasteiger partial charge in [0.2, 0.25) is 0 Å². The van der Waals surface area contributed by atoms with Crippen molar-refractivity contribution < 1.29 is 4.74 Å². The Kier molecular flexibility index (Phi) is 5.12. The van der Waals surface area contributed by atoms with Crippen molar-refractivity contribution in [3.05, 3.63) is 42.0 Å². The molecule has 2 rings (SSSR count). The predicted molar refractivity (Wildman–Crippen MR) is 81.9 cm³/mol. The van der Waals surface area contributed by atoms with Crippen LogP contribution < -0.4 is 4.74 Å². The molecule has 98 valence electrons. The van der Waals surface area contributed by atoms with E-state index in [9.17, 15) is 0 Å². The van der Waals surface area contributed by atoms with Crippen molar-refractivity contribution in [2.24, 2.45) is 0 Å². The Morgan fingerprint density at radius 2 is 2.00 bits per heavy atom. The van der Waals surface area contributed by atoms with Gasteiger partial charge in [0.25, 0.3) is 0 Å². The van der Waals surface area contributed by atoms with Crippen LogP contribution in [0.2, 0.25) is 0 Å². The van der Waals surface area contributed by atoms with E-state index in [1.807, 2.05) is 18.2 Å². The number of alkyl halides is 1. The number of ether oxygens (including phenoxy) is 1. The molecule has 2 aromatic rings. The lowest BCUT2D eigenvalue weighted by molar-refractivity contribution is 0.309. The van der Waals surface area contributed by atoms with Crippen LogP contribution in [0.25, 0.3) is 10.8 Å². The zero-order valence-corrected chi connectivity index (χ0v) is 11.8. The van der Waals surface area contributed by atoms with E-state index < -0.39 is 0 Å². The summed E-state index contributed by atoms with van der Waals surface area (Å²) in [5.41, 5.74) is 0.940. The summed E-state index contributed by atoms with van der Waals surface area (Å²) < 4.78 is 5.84. The topological polar surface area (TPSA) is 9.23 Å². The molecule has 19 heavy (non-hydrogen) atoms. The van der Waals surface area contributed by atoms with E-state index in [2.05, 4.69) is 37.0 Å². The molecule has 1 nitrogen and oxygen atoms in total. The van der Waals surface area contributed by atoms with Gasteiger partial charge in [0.15, 0.2) is 0 Å². The maximum atomic E-state index is 5.84. The lowest BCUT2D eigenvalue weighted by atomic mass is 10.0. The summed E-state index contributed by atoms with van der Waals surface area (Å²) in [5.74, 6) is 7.23. The minimum Gasteiger partial charge on any atom is -0.492 e. The van der Waals surface area contributed by atoms with Crippen LogP contribution >= 0.6 is 11.6 Å². The Hall–Kier alpha value is -1.65. The van der Waals surface area contributed by atoms with Gasteiger partial charge < -0.3 is 4.74 Å². The lowest BCUT2D eigenvalue weighted by Gasteiger charge is -2.10. The second kappa shape index (κ2) is 7.07. The Balaban J connectivity index is 2.44. The van der Waals surface area contributed by atoms with Gasteiger partial charge in [-0.3, -0.25) is 0 Å². The van der Waals surface area contributed by atoms with Crippen molar-refractivity contribution in [3.8, 4) is 17.6 Å². The first kappa shape index (κ1) is 13.8. The quantitative estimate of drug-likeness (QED) is 0.449. The third-order valence-electron chi connectivity index (χ3n) is 2.93. The zero-order chi connectivity index (χ0) is 13.5. The Morgan fingerprint density at radius 1 is 1.16 bits per heavy atom. The fourth-order valence-electron chi connectivity index (χ4n) is 1.95. The average molecular weight is 273 g/mol. The van der Waals surface area contributed by atoms with Crippen LogP contribution in [0.3, 0.4) is 0 Å². The first-order valence-corrected chi connectivity index (χ1v) is 7.09. The maximum Gasteiger partial charge on any atom is 0.135 e. The van der Waals surface area contributed by atoms with Crippen molar-refractivity contribution in [1.82, 2.24) is 0 Å². The summed E-state index contributed by atoms with van der Waals surface area (Å²) in [6.07, 6.45) is 2.17. The van der Waals surface area contributed by atoms with Crippen molar-refractivity contribution >= 4 is 22.4 Å². The molecule has 0 aliphatic carbocycles. The average Bonchev–Trinajstić information content (AvgIpc) is 2.46. The fraction of sp³-hybridized carbons (Fsp3) is 0.294. The highest BCUT2D eigenvalue weighted by Crippen LogP contribution is 2.27. The molecule has 0 radical (unpaired) electrons. The van der Waals surface area contributed by atoms with E-state index in [0.717, 1.165) is 36.1 Å². The number of unbranched alkanes of at least 4 members (excludes halogenated alkanes) is 1. The Labute approximate surface area is 119 Å². The monoisotopic (exact) mass is 272 g/mol. The van der Waals surface area contributed by atoms with E-state index in [-0.39, 0.29) is 0 Å². The van der Waals surface area contributed by atoms with Crippen molar-refractivity contribution in [2.45, 2.75) is 19.8 Å². The van der Waals surface area contributed by atoms with Gasteiger partial charge >= 0.3 is 0 Å². The first-order chi connectivity index (χ1) is 9.36. The lowest BCUT2D eigenvalue weighted by Crippen LogP contribution is -1.99. The van der Waals surface area contributed by atoms with Crippen LogP contribution in [0.5, 0.6) is 5.75 Å². The molecule has 0 spiro atoms. The van der Waals surface area contributed by atoms with E-state index in [1.54, 1.807) is 0 Å². The van der Waals surface area contributed by atoms with E-state index in [0.29, 0.717) is 5.88 Å². The van der Waals surface area contributed by atoms with Gasteiger partial charge in [-0.15, -0.1) is 11.6 Å². The van der Waals surface area contributed by atoms with Crippen molar-refractivity contribution in [3.63, 3.8) is 0 Å². The van der Waals surface area contributed by atoms with Crippen LogP contribution in [0.4, 0.5) is 0 Å². The highest BCUT2D eigenvalue weighted by molar-refractivity contribution is 6.19. The maximum absolute atomic E-state index is 5.84. The summed E-state index contributed by atoms with van der Waals surface area (Å²) in [6, 6.07) is 12.3. The molecule has 2 aromatic carbocycles. The van der Waals surface area contributed by atoms with Crippen LogP contribution in [0, 0.1) is 11.8 Å². The molecule has 0 aliphatic rings. The molecule has 0 N–H and O–H groups in total. The molecule has 0 amide bonds. The number of halogens is 1. The summed E-state index contributed by atoms with van der Waals surface area (Å²) in [5, 5.41) is 2.29. The molecule has 0 bridgehead atoms. The third-order valence-corrected chi connectivity index (χ3v) is 3.06. The smallest absolute Gasteiger partial charge is 0.135 e. The zero-order valence-electron chi connectivity index (χ0n) is 11.1. The van der Waals surface area contributed by atoms with Gasteiger partial charge in [-0.2, -0.15) is 0 Å². The molecule has 0 fully saturated rings. The van der Waals surface area contributed by atoms with Gasteiger partial charge in [0.1, 0.15) is 5.75 Å². The molecule has 0 saturated carbocycles. The highest BCUT2D eigenvalue weighted by Gasteiger charge is 2.06. The number of benzene rings is 2. The number of hydrogen-bond donors (Lipinski definition) is 0. The summed E-state index contributed by atoms with van der Waals surface area (Å²) in [6.45, 7) is 2.88. The second-order valence-electron chi connectivity index (χ2n) is 4.30. The molecule has 0 aromatic heterocycles. The van der Waals surface area contributed by atoms with Crippen LogP contribution in [-0.4, -0.2) is 12.5 Å². The summed E-state index contributed by atoms with van der Waals surface area (Å²) >= 11 is 5.67. The number of hydrogen-bond acceptors (Lipinski definition) is 1. The van der Waals surface area contributed by atoms with Gasteiger partial charge in [-0.05, 0) is 17.9 Å². The minimum atomic E-state index is 0.331. The van der Waals surface area contributed by atoms with Crippen LogP contribution in [0.15, 0.2) is 36.4 Å². The predicted octanol–water partition coefficient (Wildman–Crippen LogP) is 4.61. The van der Waals surface area contributed by atoms with E-state index in [1.165, 1.54) is 5.39 Å². The normalized spacial score (nSPS) is 10.0. The summed E-state index contributed by atoms with van der Waals surface area (Å²) in [4.78, 5) is 0. The van der Waals surface area contributed by atoms with Crippen molar-refractivity contribution in [1.29, 1.82) is 0 Å². The summed E-state index contributed by atoms with van der Waals surface area (Å²) in [7, 11) is 0. The molecule has 0 saturated heterocycles. The molecule has 2 heteroatoms. The largest absolute Gasteiger partial charge is 0.492 e. The SMILES string of the molecule is CCCCOc1ccc2ccccc2c1C#CCCl. The minimum absolute atomic E-state index is 0.331. The molecular formula is C17H17ClO. The molecule has 0 unspecified atom stereocenters. The van der Waals surface area contributed by atoms with Gasteiger partial charge in [0.05, 0.1) is 18.1 Å². The van der Waals surface area contributed by atoms with Crippen molar-refractivity contribution in [2.75, 3.05) is 12.5 Å². The third kappa shape index (κ3) is 3.43. The van der Waals surface area contributed by atoms with E-state index in [4.69, 9.17) is 16.3 Å². The molecular weight excluding hydrogens is 256 g/mol. The number of fused-ring (bicyclic) bond motifs is 1. The molecule has 0 heterocycles. The first-order valence-electron chi connectivity index (χ1n) is 6.56. The number of rotatable bonds is 4. The fourth-order valence-corrected chi connectivity index (χ4v) is 2.02. The Morgan fingerprint density at radius 3 is 2.79 bits per heavy atom. The molecule has 0 atom stereocenters. The van der Waals surface area contributed by atoms with Gasteiger partial charge in [-0.25, -0.2) is 0 Å². The standard InChI is InChI=1S/C17H17ClO/c1-2-3-13-19-17-11-10-14-7-4-5-8-15(14)16(17)9-6-12-18/h4-5,7-8,10-11H,2-3,12-13H2,1H3. The van der Waals surface area contributed by atoms with Gasteiger partial charge in [-0.1, -0.05) is 55.5 Å². The molecule has 0 aliphatic heterocycles.